The molecule has 0 radical (unpaired) electrons. The van der Waals surface area contributed by atoms with E-state index in [0.717, 1.165) is 16.4 Å². The Morgan fingerprint density at radius 3 is 2.60 bits per heavy atom. The Hall–Kier alpha value is -2.60. The van der Waals surface area contributed by atoms with E-state index in [-0.39, 0.29) is 5.91 Å². The number of anilines is 1. The number of carbonyl (C=O) groups excluding carboxylic acids is 1. The highest BCUT2D eigenvalue weighted by atomic mass is 32.2. The summed E-state index contributed by atoms with van der Waals surface area (Å²) < 4.78 is 0. The van der Waals surface area contributed by atoms with Gasteiger partial charge in [-0.25, -0.2) is 4.98 Å². The molecule has 3 rings (SSSR count). The van der Waals surface area contributed by atoms with Gasteiger partial charge in [-0.05, 0) is 35.2 Å². The quantitative estimate of drug-likeness (QED) is 0.642. The standard InChI is InChI=1S/C19H20N4OS/c1-13(2)14-7-9-16(10-8-14)22-18(24)17-6-4-3-5-15(17)11-25-19-20-12-21-23-19/h3-10,12-13H,11H2,1-2H3,(H,22,24)(H,20,21,23). The average molecular weight is 352 g/mol. The molecule has 1 heterocycles. The predicted octanol–water partition coefficient (Wildman–Crippen LogP) is 4.47. The lowest BCUT2D eigenvalue weighted by molar-refractivity contribution is 0.102. The summed E-state index contributed by atoms with van der Waals surface area (Å²) in [6, 6.07) is 15.6. The fraction of sp³-hybridized carbons (Fsp3) is 0.211. The van der Waals surface area contributed by atoms with Crippen LogP contribution in [0.2, 0.25) is 0 Å². The Balaban J connectivity index is 1.71. The normalized spacial score (nSPS) is 10.8. The van der Waals surface area contributed by atoms with Crippen molar-refractivity contribution in [1.82, 2.24) is 15.2 Å². The van der Waals surface area contributed by atoms with Crippen molar-refractivity contribution in [2.24, 2.45) is 0 Å². The Kier molecular flexibility index (Phi) is 5.50. The number of nitrogens with one attached hydrogen (secondary N) is 2. The highest BCUT2D eigenvalue weighted by Gasteiger charge is 2.12. The van der Waals surface area contributed by atoms with Crippen LogP contribution in [0.25, 0.3) is 0 Å². The summed E-state index contributed by atoms with van der Waals surface area (Å²) in [5.74, 6) is 1.01. The molecule has 1 amide bonds. The smallest absolute Gasteiger partial charge is 0.255 e. The van der Waals surface area contributed by atoms with Crippen molar-refractivity contribution in [3.8, 4) is 0 Å². The van der Waals surface area contributed by atoms with Gasteiger partial charge in [-0.1, -0.05) is 55.9 Å². The number of H-pyrrole nitrogens is 1. The fourth-order valence-electron chi connectivity index (χ4n) is 2.43. The molecule has 0 spiro atoms. The molecule has 0 bridgehead atoms. The number of aromatic amines is 1. The van der Waals surface area contributed by atoms with Crippen LogP contribution >= 0.6 is 11.8 Å². The lowest BCUT2D eigenvalue weighted by Crippen LogP contribution is -2.14. The van der Waals surface area contributed by atoms with Crippen LogP contribution in [0.3, 0.4) is 0 Å². The van der Waals surface area contributed by atoms with Crippen molar-refractivity contribution in [3.63, 3.8) is 0 Å². The second kappa shape index (κ2) is 7.98. The fourth-order valence-corrected chi connectivity index (χ4v) is 3.21. The maximum atomic E-state index is 12.7. The van der Waals surface area contributed by atoms with E-state index in [9.17, 15) is 4.79 Å². The molecule has 0 saturated heterocycles. The highest BCUT2D eigenvalue weighted by molar-refractivity contribution is 7.98. The minimum Gasteiger partial charge on any atom is -0.322 e. The molecular weight excluding hydrogens is 332 g/mol. The van der Waals surface area contributed by atoms with Gasteiger partial charge in [-0.15, -0.1) is 0 Å². The van der Waals surface area contributed by atoms with Gasteiger partial charge in [0.2, 0.25) is 0 Å². The lowest BCUT2D eigenvalue weighted by atomic mass is 10.0. The number of hydrogen-bond acceptors (Lipinski definition) is 4. The first-order chi connectivity index (χ1) is 12.1. The van der Waals surface area contributed by atoms with Gasteiger partial charge in [0.15, 0.2) is 5.16 Å². The van der Waals surface area contributed by atoms with Gasteiger partial charge in [0.25, 0.3) is 5.91 Å². The monoisotopic (exact) mass is 352 g/mol. The van der Waals surface area contributed by atoms with E-state index in [2.05, 4.69) is 34.3 Å². The van der Waals surface area contributed by atoms with Crippen LogP contribution < -0.4 is 5.32 Å². The number of aromatic nitrogens is 3. The van der Waals surface area contributed by atoms with Crippen LogP contribution in [0.1, 0.15) is 41.3 Å². The SMILES string of the molecule is CC(C)c1ccc(NC(=O)c2ccccc2CSc2ncn[nH]2)cc1. The summed E-state index contributed by atoms with van der Waals surface area (Å²) in [7, 11) is 0. The number of rotatable bonds is 6. The van der Waals surface area contributed by atoms with Crippen LogP contribution in [0, 0.1) is 0 Å². The van der Waals surface area contributed by atoms with E-state index in [0.29, 0.717) is 17.2 Å². The van der Waals surface area contributed by atoms with Crippen LogP contribution in [0.5, 0.6) is 0 Å². The van der Waals surface area contributed by atoms with E-state index in [1.165, 1.54) is 23.7 Å². The third-order valence-corrected chi connectivity index (χ3v) is 4.78. The zero-order valence-corrected chi connectivity index (χ0v) is 15.0. The molecular formula is C19H20N4OS. The number of amides is 1. The first-order valence-electron chi connectivity index (χ1n) is 8.11. The van der Waals surface area contributed by atoms with Crippen LogP contribution in [0.15, 0.2) is 60.0 Å². The molecule has 0 aliphatic heterocycles. The number of hydrogen-bond donors (Lipinski definition) is 2. The topological polar surface area (TPSA) is 70.7 Å². The number of thioether (sulfide) groups is 1. The second-order valence-corrected chi connectivity index (χ2v) is 6.93. The van der Waals surface area contributed by atoms with Crippen molar-refractivity contribution in [2.75, 3.05) is 5.32 Å². The molecule has 0 aliphatic rings. The highest BCUT2D eigenvalue weighted by Crippen LogP contribution is 2.22. The summed E-state index contributed by atoms with van der Waals surface area (Å²) in [5, 5.41) is 10.4. The maximum absolute atomic E-state index is 12.7. The van der Waals surface area contributed by atoms with Crippen molar-refractivity contribution in [3.05, 3.63) is 71.5 Å². The molecule has 1 aromatic heterocycles. The van der Waals surface area contributed by atoms with Crippen LogP contribution in [-0.4, -0.2) is 21.1 Å². The van der Waals surface area contributed by atoms with Gasteiger partial charge in [-0.2, -0.15) is 5.10 Å². The van der Waals surface area contributed by atoms with Crippen LogP contribution in [-0.2, 0) is 5.75 Å². The van der Waals surface area contributed by atoms with E-state index < -0.39 is 0 Å². The molecule has 2 N–H and O–H groups in total. The summed E-state index contributed by atoms with van der Waals surface area (Å²) in [6.07, 6.45) is 1.47. The summed E-state index contributed by atoms with van der Waals surface area (Å²) in [4.78, 5) is 16.8. The van der Waals surface area contributed by atoms with E-state index in [1.807, 2.05) is 48.5 Å². The van der Waals surface area contributed by atoms with Gasteiger partial charge in [-0.3, -0.25) is 9.89 Å². The molecule has 0 unspecified atom stereocenters. The van der Waals surface area contributed by atoms with E-state index >= 15 is 0 Å². The molecule has 128 valence electrons. The molecule has 0 saturated carbocycles. The minimum atomic E-state index is -0.105. The Morgan fingerprint density at radius 2 is 1.92 bits per heavy atom. The molecule has 0 aliphatic carbocycles. The third kappa shape index (κ3) is 4.48. The van der Waals surface area contributed by atoms with Crippen molar-refractivity contribution < 1.29 is 4.79 Å². The number of benzene rings is 2. The molecule has 25 heavy (non-hydrogen) atoms. The molecule has 2 aromatic carbocycles. The molecule has 3 aromatic rings. The van der Waals surface area contributed by atoms with Gasteiger partial charge >= 0.3 is 0 Å². The van der Waals surface area contributed by atoms with Gasteiger partial charge < -0.3 is 5.32 Å². The Morgan fingerprint density at radius 1 is 1.16 bits per heavy atom. The summed E-state index contributed by atoms with van der Waals surface area (Å²) in [5.41, 5.74) is 3.68. The number of nitrogens with zero attached hydrogens (tertiary/aromatic N) is 2. The van der Waals surface area contributed by atoms with Gasteiger partial charge in [0.05, 0.1) is 0 Å². The summed E-state index contributed by atoms with van der Waals surface area (Å²) in [6.45, 7) is 4.30. The van der Waals surface area contributed by atoms with Crippen molar-refractivity contribution >= 4 is 23.4 Å². The van der Waals surface area contributed by atoms with Gasteiger partial charge in [0, 0.05) is 17.0 Å². The Bertz CT molecular complexity index is 829. The van der Waals surface area contributed by atoms with Crippen molar-refractivity contribution in [2.45, 2.75) is 30.7 Å². The van der Waals surface area contributed by atoms with Crippen LogP contribution in [0.4, 0.5) is 5.69 Å². The van der Waals surface area contributed by atoms with Crippen molar-refractivity contribution in [1.29, 1.82) is 0 Å². The lowest BCUT2D eigenvalue weighted by Gasteiger charge is -2.11. The average Bonchev–Trinajstić information content (AvgIpc) is 3.14. The molecule has 5 nitrogen and oxygen atoms in total. The summed E-state index contributed by atoms with van der Waals surface area (Å²) >= 11 is 1.51. The zero-order valence-electron chi connectivity index (χ0n) is 14.2. The van der Waals surface area contributed by atoms with E-state index in [4.69, 9.17) is 0 Å². The zero-order chi connectivity index (χ0) is 17.6. The molecule has 6 heteroatoms. The number of carbonyl (C=O) groups is 1. The first-order valence-corrected chi connectivity index (χ1v) is 9.09. The molecule has 0 atom stereocenters. The molecule has 0 fully saturated rings. The second-order valence-electron chi connectivity index (χ2n) is 5.97. The van der Waals surface area contributed by atoms with E-state index in [1.54, 1.807) is 0 Å². The Labute approximate surface area is 151 Å². The largest absolute Gasteiger partial charge is 0.322 e. The maximum Gasteiger partial charge on any atom is 0.255 e. The van der Waals surface area contributed by atoms with Gasteiger partial charge in [0.1, 0.15) is 6.33 Å². The minimum absolute atomic E-state index is 0.105. The third-order valence-electron chi connectivity index (χ3n) is 3.85. The first kappa shape index (κ1) is 17.2. The predicted molar refractivity (Wildman–Crippen MR) is 101 cm³/mol.